The van der Waals surface area contributed by atoms with E-state index in [9.17, 15) is 0 Å². The summed E-state index contributed by atoms with van der Waals surface area (Å²) in [5.41, 5.74) is 21.7. The van der Waals surface area contributed by atoms with Crippen LogP contribution in [-0.2, 0) is 10.8 Å². The van der Waals surface area contributed by atoms with Gasteiger partial charge in [0.25, 0.3) is 0 Å². The lowest BCUT2D eigenvalue weighted by atomic mass is 9.67. The number of anilines is 3. The van der Waals surface area contributed by atoms with Crippen LogP contribution in [0.1, 0.15) is 45.9 Å². The monoisotopic (exact) mass is 815 g/mol. The first-order valence-corrected chi connectivity index (χ1v) is 22.3. The molecule has 0 aromatic heterocycles. The van der Waals surface area contributed by atoms with E-state index in [4.69, 9.17) is 0 Å². The Labute approximate surface area is 376 Å². The highest BCUT2D eigenvalue weighted by Crippen LogP contribution is 2.57. The van der Waals surface area contributed by atoms with Crippen molar-refractivity contribution in [3.63, 3.8) is 0 Å². The summed E-state index contributed by atoms with van der Waals surface area (Å²) in [7, 11) is 0. The number of benzene rings is 10. The number of rotatable bonds is 8. The molecule has 0 fully saturated rings. The molecular formula is C63H45N. The van der Waals surface area contributed by atoms with Crippen molar-refractivity contribution in [3.05, 3.63) is 294 Å². The maximum atomic E-state index is 2.45. The standard InChI is InChI=1S/C63H45N/c1-62(48-20-8-3-9-21-48)58-28-16-14-26-54(58)56-41-39-53(43-60(56)62)64(51-35-30-45(31-36-51)44-18-6-2-7-19-44)52-37-32-46(33-38-52)47-34-40-57-55-27-15-17-29-59(55)63(61(57)42-47,49-22-10-4-11-23-49)50-24-12-5-13-25-50/h2-43H,1H3. The van der Waals surface area contributed by atoms with Crippen LogP contribution in [0.4, 0.5) is 17.1 Å². The summed E-state index contributed by atoms with van der Waals surface area (Å²) in [6.07, 6.45) is 0. The van der Waals surface area contributed by atoms with E-state index >= 15 is 0 Å². The molecule has 10 aromatic carbocycles. The first-order valence-electron chi connectivity index (χ1n) is 22.3. The Bertz CT molecular complexity index is 3260. The fraction of sp³-hybridized carbons (Fsp3) is 0.0476. The molecule has 0 amide bonds. The average molecular weight is 816 g/mol. The van der Waals surface area contributed by atoms with Gasteiger partial charge in [-0.3, -0.25) is 0 Å². The van der Waals surface area contributed by atoms with Crippen LogP contribution in [-0.4, -0.2) is 0 Å². The van der Waals surface area contributed by atoms with Gasteiger partial charge in [-0.15, -0.1) is 0 Å². The molecule has 1 heteroatoms. The first kappa shape index (κ1) is 37.7. The summed E-state index contributed by atoms with van der Waals surface area (Å²) in [6.45, 7) is 2.39. The van der Waals surface area contributed by atoms with Crippen LogP contribution in [0.15, 0.2) is 255 Å². The third kappa shape index (κ3) is 5.78. The molecule has 10 aromatic rings. The molecular weight excluding hydrogens is 771 g/mol. The Kier molecular flexibility index (Phi) is 8.91. The van der Waals surface area contributed by atoms with Gasteiger partial charge in [-0.2, -0.15) is 0 Å². The summed E-state index contributed by atoms with van der Waals surface area (Å²) < 4.78 is 0. The highest BCUT2D eigenvalue weighted by Gasteiger charge is 2.46. The Morgan fingerprint density at radius 1 is 0.266 bits per heavy atom. The molecule has 2 aliphatic rings. The van der Waals surface area contributed by atoms with Crippen molar-refractivity contribution >= 4 is 17.1 Å². The number of hydrogen-bond acceptors (Lipinski definition) is 1. The second-order valence-corrected chi connectivity index (χ2v) is 17.3. The Balaban J connectivity index is 0.994. The third-order valence-corrected chi connectivity index (χ3v) is 14.1. The molecule has 0 aliphatic heterocycles. The summed E-state index contributed by atoms with van der Waals surface area (Å²) in [5.74, 6) is 0. The fourth-order valence-electron chi connectivity index (χ4n) is 11.0. The van der Waals surface area contributed by atoms with Crippen molar-refractivity contribution in [2.45, 2.75) is 17.8 Å². The molecule has 0 radical (unpaired) electrons. The number of nitrogens with zero attached hydrogens (tertiary/aromatic N) is 1. The molecule has 302 valence electrons. The average Bonchev–Trinajstić information content (AvgIpc) is 3.82. The minimum atomic E-state index is -0.450. The molecule has 1 nitrogen and oxygen atoms in total. The molecule has 0 saturated heterocycles. The van der Waals surface area contributed by atoms with Gasteiger partial charge in [0.05, 0.1) is 5.41 Å². The van der Waals surface area contributed by atoms with Gasteiger partial charge >= 0.3 is 0 Å². The van der Waals surface area contributed by atoms with Gasteiger partial charge in [0.2, 0.25) is 0 Å². The van der Waals surface area contributed by atoms with E-state index in [0.717, 1.165) is 17.1 Å². The van der Waals surface area contributed by atoms with E-state index < -0.39 is 5.41 Å². The van der Waals surface area contributed by atoms with Crippen LogP contribution in [0.2, 0.25) is 0 Å². The van der Waals surface area contributed by atoms with Gasteiger partial charge in [0, 0.05) is 22.5 Å². The second kappa shape index (κ2) is 15.1. The van der Waals surface area contributed by atoms with Crippen LogP contribution in [0.25, 0.3) is 44.5 Å². The fourth-order valence-corrected chi connectivity index (χ4v) is 11.0. The molecule has 0 bridgehead atoms. The lowest BCUT2D eigenvalue weighted by Crippen LogP contribution is -2.28. The SMILES string of the molecule is CC1(c2ccccc2)c2ccccc2-c2ccc(N(c3ccc(-c4ccccc4)cc3)c3ccc(-c4ccc5c(c4)C(c4ccccc4)(c4ccccc4)c4ccccc4-5)cc3)cc21. The zero-order chi connectivity index (χ0) is 42.7. The zero-order valence-corrected chi connectivity index (χ0v) is 35.7. The van der Waals surface area contributed by atoms with E-state index in [1.54, 1.807) is 0 Å². The molecule has 0 heterocycles. The highest BCUT2D eigenvalue weighted by atomic mass is 15.1. The quantitative estimate of drug-likeness (QED) is 0.148. The van der Waals surface area contributed by atoms with Crippen LogP contribution in [0, 0.1) is 0 Å². The lowest BCUT2D eigenvalue weighted by molar-refractivity contribution is 0.714. The molecule has 0 N–H and O–H groups in total. The van der Waals surface area contributed by atoms with Crippen LogP contribution in [0.5, 0.6) is 0 Å². The van der Waals surface area contributed by atoms with Crippen molar-refractivity contribution in [1.29, 1.82) is 0 Å². The topological polar surface area (TPSA) is 3.24 Å². The Morgan fingerprint density at radius 2 is 0.656 bits per heavy atom. The van der Waals surface area contributed by atoms with Gasteiger partial charge in [-0.05, 0) is 133 Å². The molecule has 0 saturated carbocycles. The molecule has 2 aliphatic carbocycles. The number of hydrogen-bond donors (Lipinski definition) is 0. The Hall–Kier alpha value is -8.00. The second-order valence-electron chi connectivity index (χ2n) is 17.3. The molecule has 64 heavy (non-hydrogen) atoms. The lowest BCUT2D eigenvalue weighted by Gasteiger charge is -2.34. The predicted octanol–water partition coefficient (Wildman–Crippen LogP) is 16.2. The van der Waals surface area contributed by atoms with E-state index in [0.29, 0.717) is 0 Å². The summed E-state index contributed by atoms with van der Waals surface area (Å²) in [6, 6.07) is 94.0. The van der Waals surface area contributed by atoms with Gasteiger partial charge in [-0.25, -0.2) is 0 Å². The molecule has 12 rings (SSSR count). The van der Waals surface area contributed by atoms with Gasteiger partial charge in [0.15, 0.2) is 0 Å². The first-order chi connectivity index (χ1) is 31.6. The molecule has 1 atom stereocenters. The van der Waals surface area contributed by atoms with Crippen molar-refractivity contribution < 1.29 is 0 Å². The van der Waals surface area contributed by atoms with Crippen LogP contribution in [0.3, 0.4) is 0 Å². The maximum Gasteiger partial charge on any atom is 0.0713 e. The van der Waals surface area contributed by atoms with Gasteiger partial charge in [0.1, 0.15) is 0 Å². The van der Waals surface area contributed by atoms with Crippen molar-refractivity contribution in [3.8, 4) is 44.5 Å². The van der Waals surface area contributed by atoms with E-state index in [2.05, 4.69) is 267 Å². The number of fused-ring (bicyclic) bond motifs is 6. The summed E-state index contributed by atoms with van der Waals surface area (Å²) >= 11 is 0. The van der Waals surface area contributed by atoms with Crippen LogP contribution >= 0.6 is 0 Å². The highest BCUT2D eigenvalue weighted by molar-refractivity contribution is 5.90. The zero-order valence-electron chi connectivity index (χ0n) is 35.7. The maximum absolute atomic E-state index is 2.45. The van der Waals surface area contributed by atoms with Crippen molar-refractivity contribution in [2.75, 3.05) is 4.90 Å². The van der Waals surface area contributed by atoms with E-state index in [-0.39, 0.29) is 5.41 Å². The minimum absolute atomic E-state index is 0.308. The molecule has 0 spiro atoms. The van der Waals surface area contributed by atoms with E-state index in [1.165, 1.54) is 83.5 Å². The predicted molar refractivity (Wildman–Crippen MR) is 267 cm³/mol. The normalized spacial score (nSPS) is 15.1. The van der Waals surface area contributed by atoms with Crippen molar-refractivity contribution in [2.24, 2.45) is 0 Å². The summed E-state index contributed by atoms with van der Waals surface area (Å²) in [5, 5.41) is 0. The van der Waals surface area contributed by atoms with E-state index in [1.807, 2.05) is 0 Å². The minimum Gasteiger partial charge on any atom is -0.310 e. The molecule has 1 unspecified atom stereocenters. The Morgan fingerprint density at radius 3 is 1.25 bits per heavy atom. The van der Waals surface area contributed by atoms with Gasteiger partial charge < -0.3 is 4.90 Å². The van der Waals surface area contributed by atoms with Crippen LogP contribution < -0.4 is 4.90 Å². The van der Waals surface area contributed by atoms with Gasteiger partial charge in [-0.1, -0.05) is 212 Å². The smallest absolute Gasteiger partial charge is 0.0713 e. The summed E-state index contributed by atoms with van der Waals surface area (Å²) in [4.78, 5) is 2.42. The third-order valence-electron chi connectivity index (χ3n) is 14.1. The largest absolute Gasteiger partial charge is 0.310 e. The van der Waals surface area contributed by atoms with Crippen molar-refractivity contribution in [1.82, 2.24) is 0 Å².